The fourth-order valence-electron chi connectivity index (χ4n) is 2.77. The van der Waals surface area contributed by atoms with Crippen molar-refractivity contribution in [2.45, 2.75) is 6.92 Å². The van der Waals surface area contributed by atoms with Crippen LogP contribution in [0.1, 0.15) is 11.1 Å². The van der Waals surface area contributed by atoms with Crippen LogP contribution < -0.4 is 5.32 Å². The number of hydrogen-bond acceptors (Lipinski definition) is 3. The lowest BCUT2D eigenvalue weighted by atomic mass is 10.0. The van der Waals surface area contributed by atoms with Crippen LogP contribution in [0.5, 0.6) is 0 Å². The molecule has 4 rings (SSSR count). The number of benzene rings is 3. The standard InChI is InChI=1S/C23H18N2OS/c1-16-7-11-18(12-8-16)19-13-9-17(10-14-19)15-21-22(26)25-23(27-21)24-20-5-3-2-4-6-20/h2-15H,1H3,(H,24,25,26). The number of nitrogens with one attached hydrogen (secondary N) is 1. The minimum atomic E-state index is -0.114. The van der Waals surface area contributed by atoms with Crippen molar-refractivity contribution in [2.75, 3.05) is 0 Å². The third kappa shape index (κ3) is 4.18. The van der Waals surface area contributed by atoms with E-state index in [4.69, 9.17) is 0 Å². The van der Waals surface area contributed by atoms with Crippen LogP contribution in [0.25, 0.3) is 17.2 Å². The number of aliphatic imine (C=N–C) groups is 1. The molecule has 0 unspecified atom stereocenters. The second-order valence-corrected chi connectivity index (χ2v) is 7.34. The Morgan fingerprint density at radius 1 is 0.852 bits per heavy atom. The summed E-state index contributed by atoms with van der Waals surface area (Å²) in [4.78, 5) is 17.3. The normalized spacial score (nSPS) is 16.7. The molecule has 1 N–H and O–H groups in total. The Kier molecular flexibility index (Phi) is 4.90. The lowest BCUT2D eigenvalue weighted by molar-refractivity contribution is -0.115. The van der Waals surface area contributed by atoms with Crippen LogP contribution in [-0.4, -0.2) is 11.1 Å². The number of para-hydroxylation sites is 1. The first-order valence-corrected chi connectivity index (χ1v) is 9.51. The summed E-state index contributed by atoms with van der Waals surface area (Å²) < 4.78 is 0. The largest absolute Gasteiger partial charge is 0.300 e. The van der Waals surface area contributed by atoms with E-state index < -0.39 is 0 Å². The Labute approximate surface area is 162 Å². The minimum absolute atomic E-state index is 0.114. The van der Waals surface area contributed by atoms with Crippen LogP contribution in [-0.2, 0) is 4.79 Å². The van der Waals surface area contributed by atoms with Gasteiger partial charge in [0.25, 0.3) is 5.91 Å². The summed E-state index contributed by atoms with van der Waals surface area (Å²) in [5.41, 5.74) is 5.41. The summed E-state index contributed by atoms with van der Waals surface area (Å²) in [6.07, 6.45) is 1.90. The average molecular weight is 370 g/mol. The van der Waals surface area contributed by atoms with E-state index in [1.807, 2.05) is 48.5 Å². The van der Waals surface area contributed by atoms with Gasteiger partial charge < -0.3 is 5.32 Å². The quantitative estimate of drug-likeness (QED) is 0.614. The van der Waals surface area contributed by atoms with E-state index in [0.717, 1.165) is 16.8 Å². The second kappa shape index (κ2) is 7.64. The average Bonchev–Trinajstić information content (AvgIpc) is 3.03. The minimum Gasteiger partial charge on any atom is -0.300 e. The maximum Gasteiger partial charge on any atom is 0.264 e. The molecule has 1 amide bonds. The third-order valence-corrected chi connectivity index (χ3v) is 5.14. The maximum atomic E-state index is 12.2. The van der Waals surface area contributed by atoms with Gasteiger partial charge in [0, 0.05) is 0 Å². The smallest absolute Gasteiger partial charge is 0.264 e. The number of carbonyl (C=O) groups is 1. The molecule has 1 aliphatic heterocycles. The van der Waals surface area contributed by atoms with E-state index in [1.54, 1.807) is 0 Å². The van der Waals surface area contributed by atoms with Crippen molar-refractivity contribution >= 4 is 34.6 Å². The van der Waals surface area contributed by atoms with Crippen LogP contribution in [0.3, 0.4) is 0 Å². The lowest BCUT2D eigenvalue weighted by Crippen LogP contribution is -2.19. The van der Waals surface area contributed by atoms with Gasteiger partial charge in [0.2, 0.25) is 0 Å². The Bertz CT molecular complexity index is 1020. The van der Waals surface area contributed by atoms with Gasteiger partial charge in [-0.05, 0) is 53.6 Å². The van der Waals surface area contributed by atoms with Crippen molar-refractivity contribution in [2.24, 2.45) is 4.99 Å². The molecule has 0 bridgehead atoms. The van der Waals surface area contributed by atoms with Crippen molar-refractivity contribution in [1.82, 2.24) is 5.32 Å². The van der Waals surface area contributed by atoms with Crippen LogP contribution in [0.4, 0.5) is 5.69 Å². The van der Waals surface area contributed by atoms with Gasteiger partial charge in [-0.2, -0.15) is 0 Å². The molecular weight excluding hydrogens is 352 g/mol. The van der Waals surface area contributed by atoms with E-state index >= 15 is 0 Å². The van der Waals surface area contributed by atoms with E-state index in [-0.39, 0.29) is 5.91 Å². The highest BCUT2D eigenvalue weighted by Gasteiger charge is 2.23. The van der Waals surface area contributed by atoms with Crippen molar-refractivity contribution in [3.8, 4) is 11.1 Å². The van der Waals surface area contributed by atoms with Crippen molar-refractivity contribution in [3.05, 3.63) is 94.9 Å². The molecule has 0 radical (unpaired) electrons. The second-order valence-electron chi connectivity index (χ2n) is 6.31. The summed E-state index contributed by atoms with van der Waals surface area (Å²) in [6, 6.07) is 26.3. The molecule has 1 aliphatic rings. The van der Waals surface area contributed by atoms with Crippen LogP contribution in [0, 0.1) is 6.92 Å². The molecule has 1 saturated heterocycles. The molecule has 0 saturated carbocycles. The molecule has 4 heteroatoms. The molecule has 0 aliphatic carbocycles. The summed E-state index contributed by atoms with van der Waals surface area (Å²) in [7, 11) is 0. The van der Waals surface area contributed by atoms with Crippen molar-refractivity contribution in [1.29, 1.82) is 0 Å². The predicted octanol–water partition coefficient (Wildman–Crippen LogP) is 5.55. The summed E-state index contributed by atoms with van der Waals surface area (Å²) in [5.74, 6) is -0.114. The molecule has 0 atom stereocenters. The first-order valence-electron chi connectivity index (χ1n) is 8.69. The number of aryl methyl sites for hydroxylation is 1. The van der Waals surface area contributed by atoms with Gasteiger partial charge in [-0.15, -0.1) is 0 Å². The SMILES string of the molecule is Cc1ccc(-c2ccc(C=C3SC(=Nc4ccccc4)NC3=O)cc2)cc1. The van der Waals surface area contributed by atoms with E-state index in [9.17, 15) is 4.79 Å². The van der Waals surface area contributed by atoms with Gasteiger partial charge in [-0.25, -0.2) is 4.99 Å². The zero-order chi connectivity index (χ0) is 18.6. The Morgan fingerprint density at radius 3 is 2.15 bits per heavy atom. The summed E-state index contributed by atoms with van der Waals surface area (Å²) in [5, 5.41) is 3.43. The van der Waals surface area contributed by atoms with Gasteiger partial charge in [0.15, 0.2) is 5.17 Å². The van der Waals surface area contributed by atoms with Gasteiger partial charge in [-0.1, -0.05) is 72.3 Å². The maximum absolute atomic E-state index is 12.2. The third-order valence-electron chi connectivity index (χ3n) is 4.23. The number of hydrogen-bond donors (Lipinski definition) is 1. The van der Waals surface area contributed by atoms with Gasteiger partial charge in [0.05, 0.1) is 10.6 Å². The molecule has 1 fully saturated rings. The summed E-state index contributed by atoms with van der Waals surface area (Å²) in [6.45, 7) is 2.08. The fourth-order valence-corrected chi connectivity index (χ4v) is 3.61. The van der Waals surface area contributed by atoms with Crippen LogP contribution in [0.15, 0.2) is 88.8 Å². The number of nitrogens with zero attached hydrogens (tertiary/aromatic N) is 1. The molecule has 132 valence electrons. The van der Waals surface area contributed by atoms with E-state index in [0.29, 0.717) is 10.1 Å². The highest BCUT2D eigenvalue weighted by molar-refractivity contribution is 8.18. The highest BCUT2D eigenvalue weighted by atomic mass is 32.2. The van der Waals surface area contributed by atoms with E-state index in [2.05, 4.69) is 53.6 Å². The van der Waals surface area contributed by atoms with Gasteiger partial charge in [-0.3, -0.25) is 4.79 Å². The number of thioether (sulfide) groups is 1. The molecule has 27 heavy (non-hydrogen) atoms. The zero-order valence-electron chi connectivity index (χ0n) is 14.8. The van der Waals surface area contributed by atoms with Crippen LogP contribution in [0.2, 0.25) is 0 Å². The monoisotopic (exact) mass is 370 g/mol. The Balaban J connectivity index is 1.52. The topological polar surface area (TPSA) is 41.5 Å². The fraction of sp³-hybridized carbons (Fsp3) is 0.0435. The number of amidine groups is 1. The lowest BCUT2D eigenvalue weighted by Gasteiger charge is -2.03. The molecule has 3 aromatic carbocycles. The first-order chi connectivity index (χ1) is 13.2. The highest BCUT2D eigenvalue weighted by Crippen LogP contribution is 2.28. The Morgan fingerprint density at radius 2 is 1.48 bits per heavy atom. The number of rotatable bonds is 3. The molecular formula is C23H18N2OS. The molecule has 0 spiro atoms. The molecule has 3 aromatic rings. The molecule has 1 heterocycles. The summed E-state index contributed by atoms with van der Waals surface area (Å²) >= 11 is 1.36. The van der Waals surface area contributed by atoms with Crippen molar-refractivity contribution < 1.29 is 4.79 Å². The van der Waals surface area contributed by atoms with E-state index in [1.165, 1.54) is 22.9 Å². The Hall–Kier alpha value is -3.11. The molecule has 0 aromatic heterocycles. The zero-order valence-corrected chi connectivity index (χ0v) is 15.7. The number of carbonyl (C=O) groups excluding carboxylic acids is 1. The van der Waals surface area contributed by atoms with Crippen LogP contribution >= 0.6 is 11.8 Å². The van der Waals surface area contributed by atoms with Gasteiger partial charge >= 0.3 is 0 Å². The molecule has 3 nitrogen and oxygen atoms in total. The van der Waals surface area contributed by atoms with Crippen molar-refractivity contribution in [3.63, 3.8) is 0 Å². The number of amides is 1. The van der Waals surface area contributed by atoms with Gasteiger partial charge in [0.1, 0.15) is 0 Å². The predicted molar refractivity (Wildman–Crippen MR) is 114 cm³/mol. The first kappa shape index (κ1) is 17.3.